The van der Waals surface area contributed by atoms with E-state index in [-0.39, 0.29) is 0 Å². The first-order valence-corrected chi connectivity index (χ1v) is 8.03. The fourth-order valence-electron chi connectivity index (χ4n) is 2.36. The first-order valence-electron chi connectivity index (χ1n) is 6.64. The van der Waals surface area contributed by atoms with E-state index in [1.807, 2.05) is 23.7 Å². The molecule has 17 heavy (non-hydrogen) atoms. The Labute approximate surface area is 110 Å². The van der Waals surface area contributed by atoms with Gasteiger partial charge in [0.2, 0.25) is 5.91 Å². The van der Waals surface area contributed by atoms with Gasteiger partial charge in [-0.1, -0.05) is 6.92 Å². The van der Waals surface area contributed by atoms with Crippen LogP contribution in [-0.4, -0.2) is 49.0 Å². The largest absolute Gasteiger partial charge is 0.342 e. The Bertz CT molecular complexity index is 229. The van der Waals surface area contributed by atoms with Gasteiger partial charge in [0.25, 0.3) is 0 Å². The van der Waals surface area contributed by atoms with Crippen LogP contribution < -0.4 is 5.32 Å². The molecule has 2 unspecified atom stereocenters. The summed E-state index contributed by atoms with van der Waals surface area (Å²) in [7, 11) is 1.96. The van der Waals surface area contributed by atoms with Crippen molar-refractivity contribution in [3.05, 3.63) is 0 Å². The minimum Gasteiger partial charge on any atom is -0.342 e. The van der Waals surface area contributed by atoms with E-state index in [2.05, 4.69) is 18.5 Å². The van der Waals surface area contributed by atoms with Gasteiger partial charge in [0.05, 0.1) is 0 Å². The van der Waals surface area contributed by atoms with Crippen LogP contribution >= 0.6 is 11.8 Å². The van der Waals surface area contributed by atoms with Crippen LogP contribution in [-0.2, 0) is 4.79 Å². The van der Waals surface area contributed by atoms with Gasteiger partial charge in [-0.2, -0.15) is 11.8 Å². The molecule has 0 aromatic heterocycles. The Balaban J connectivity index is 2.29. The summed E-state index contributed by atoms with van der Waals surface area (Å²) in [6, 6.07) is 0.402. The summed E-state index contributed by atoms with van der Waals surface area (Å²) in [5.41, 5.74) is 0. The van der Waals surface area contributed by atoms with Crippen molar-refractivity contribution in [1.29, 1.82) is 0 Å². The molecule has 1 fully saturated rings. The van der Waals surface area contributed by atoms with Crippen LogP contribution in [0.3, 0.4) is 0 Å². The molecule has 1 N–H and O–H groups in total. The lowest BCUT2D eigenvalue weighted by Crippen LogP contribution is -2.38. The van der Waals surface area contributed by atoms with Gasteiger partial charge in [-0.3, -0.25) is 4.79 Å². The number of hydrogen-bond donors (Lipinski definition) is 1. The average Bonchev–Trinajstić information content (AvgIpc) is 2.85. The van der Waals surface area contributed by atoms with Crippen molar-refractivity contribution >= 4 is 17.7 Å². The van der Waals surface area contributed by atoms with Crippen molar-refractivity contribution in [2.45, 2.75) is 38.6 Å². The molecular weight excluding hydrogens is 232 g/mol. The van der Waals surface area contributed by atoms with Gasteiger partial charge >= 0.3 is 0 Å². The van der Waals surface area contributed by atoms with E-state index in [1.54, 1.807) is 0 Å². The first-order chi connectivity index (χ1) is 8.19. The summed E-state index contributed by atoms with van der Waals surface area (Å²) in [5.74, 6) is 2.08. The number of thioether (sulfide) groups is 1. The third kappa shape index (κ3) is 4.88. The van der Waals surface area contributed by atoms with Gasteiger partial charge in [0.15, 0.2) is 0 Å². The molecule has 1 amide bonds. The highest BCUT2D eigenvalue weighted by molar-refractivity contribution is 7.98. The second kappa shape index (κ2) is 7.98. The van der Waals surface area contributed by atoms with Crippen LogP contribution in [0.15, 0.2) is 0 Å². The standard InChI is InChI=1S/C13H26N2OS/c1-4-12(10-17-3)15(2)13(16)6-5-11-7-8-14-9-11/h11-12,14H,4-10H2,1-3H3. The van der Waals surface area contributed by atoms with Crippen molar-refractivity contribution in [2.75, 3.05) is 32.1 Å². The molecule has 1 heterocycles. The Kier molecular flexibility index (Phi) is 6.97. The topological polar surface area (TPSA) is 32.3 Å². The lowest BCUT2D eigenvalue weighted by atomic mass is 10.0. The van der Waals surface area contributed by atoms with Crippen LogP contribution in [0.5, 0.6) is 0 Å². The third-order valence-electron chi connectivity index (χ3n) is 3.70. The van der Waals surface area contributed by atoms with Gasteiger partial charge in [-0.15, -0.1) is 0 Å². The van der Waals surface area contributed by atoms with E-state index in [0.717, 1.165) is 31.7 Å². The zero-order valence-corrected chi connectivity index (χ0v) is 12.2. The van der Waals surface area contributed by atoms with Gasteiger partial charge in [0, 0.05) is 25.3 Å². The SMILES string of the molecule is CCC(CSC)N(C)C(=O)CCC1CCNC1. The van der Waals surface area contributed by atoms with Crippen LogP contribution in [0.1, 0.15) is 32.6 Å². The maximum atomic E-state index is 12.1. The second-order valence-corrected chi connectivity index (χ2v) is 5.83. The first kappa shape index (κ1) is 14.8. The molecule has 1 saturated heterocycles. The van der Waals surface area contributed by atoms with Gasteiger partial charge in [-0.05, 0) is 44.5 Å². The van der Waals surface area contributed by atoms with E-state index in [9.17, 15) is 4.79 Å². The molecule has 0 aliphatic carbocycles. The summed E-state index contributed by atoms with van der Waals surface area (Å²) >= 11 is 1.82. The summed E-state index contributed by atoms with van der Waals surface area (Å²) < 4.78 is 0. The zero-order valence-electron chi connectivity index (χ0n) is 11.4. The fraction of sp³-hybridized carbons (Fsp3) is 0.923. The number of nitrogens with one attached hydrogen (secondary N) is 1. The molecule has 100 valence electrons. The highest BCUT2D eigenvalue weighted by Gasteiger charge is 2.20. The van der Waals surface area contributed by atoms with Gasteiger partial charge in [0.1, 0.15) is 0 Å². The number of nitrogens with zero attached hydrogens (tertiary/aromatic N) is 1. The predicted octanol–water partition coefficient (Wildman–Crippen LogP) is 1.98. The van der Waals surface area contributed by atoms with Crippen molar-refractivity contribution in [2.24, 2.45) is 5.92 Å². The monoisotopic (exact) mass is 258 g/mol. The van der Waals surface area contributed by atoms with Crippen LogP contribution in [0.4, 0.5) is 0 Å². The van der Waals surface area contributed by atoms with E-state index in [1.165, 1.54) is 6.42 Å². The maximum absolute atomic E-state index is 12.1. The summed E-state index contributed by atoms with van der Waals surface area (Å²) in [6.07, 6.45) is 6.15. The number of carbonyl (C=O) groups is 1. The highest BCUT2D eigenvalue weighted by atomic mass is 32.2. The molecule has 0 aromatic rings. The molecule has 2 atom stereocenters. The van der Waals surface area contributed by atoms with E-state index < -0.39 is 0 Å². The van der Waals surface area contributed by atoms with Crippen molar-refractivity contribution in [3.63, 3.8) is 0 Å². The normalized spacial score (nSPS) is 21.5. The Hall–Kier alpha value is -0.220. The molecule has 0 aromatic carbocycles. The van der Waals surface area contributed by atoms with Crippen LogP contribution in [0, 0.1) is 5.92 Å². The molecule has 3 nitrogen and oxygen atoms in total. The summed E-state index contributed by atoms with van der Waals surface area (Å²) in [6.45, 7) is 4.38. The molecule has 0 saturated carbocycles. The van der Waals surface area contributed by atoms with Gasteiger partial charge in [-0.25, -0.2) is 0 Å². The Morgan fingerprint density at radius 1 is 1.59 bits per heavy atom. The predicted molar refractivity (Wildman–Crippen MR) is 75.4 cm³/mol. The molecule has 1 aliphatic rings. The average molecular weight is 258 g/mol. The molecule has 1 aliphatic heterocycles. The lowest BCUT2D eigenvalue weighted by molar-refractivity contribution is -0.131. The van der Waals surface area contributed by atoms with Crippen LogP contribution in [0.25, 0.3) is 0 Å². The summed E-state index contributed by atoms with van der Waals surface area (Å²) in [5, 5.41) is 3.35. The van der Waals surface area contributed by atoms with Crippen molar-refractivity contribution in [3.8, 4) is 0 Å². The quantitative estimate of drug-likeness (QED) is 0.758. The summed E-state index contributed by atoms with van der Waals surface area (Å²) in [4.78, 5) is 14.0. The van der Waals surface area contributed by atoms with Crippen LogP contribution in [0.2, 0.25) is 0 Å². The number of hydrogen-bond acceptors (Lipinski definition) is 3. The Morgan fingerprint density at radius 3 is 2.88 bits per heavy atom. The smallest absolute Gasteiger partial charge is 0.222 e. The number of rotatable bonds is 7. The highest BCUT2D eigenvalue weighted by Crippen LogP contribution is 2.16. The van der Waals surface area contributed by atoms with E-state index in [4.69, 9.17) is 0 Å². The Morgan fingerprint density at radius 2 is 2.35 bits per heavy atom. The molecule has 4 heteroatoms. The minimum atomic E-state index is 0.317. The second-order valence-electron chi connectivity index (χ2n) is 4.92. The van der Waals surface area contributed by atoms with Crippen molar-refractivity contribution < 1.29 is 4.79 Å². The molecule has 0 spiro atoms. The number of amides is 1. The lowest BCUT2D eigenvalue weighted by Gasteiger charge is -2.27. The fourth-order valence-corrected chi connectivity index (χ4v) is 3.21. The maximum Gasteiger partial charge on any atom is 0.222 e. The van der Waals surface area contributed by atoms with Gasteiger partial charge < -0.3 is 10.2 Å². The third-order valence-corrected chi connectivity index (χ3v) is 4.42. The molecule has 0 radical (unpaired) electrons. The van der Waals surface area contributed by atoms with E-state index >= 15 is 0 Å². The zero-order chi connectivity index (χ0) is 12.7. The molecule has 1 rings (SSSR count). The van der Waals surface area contributed by atoms with E-state index in [0.29, 0.717) is 24.3 Å². The number of carbonyl (C=O) groups excluding carboxylic acids is 1. The molecular formula is C13H26N2OS. The molecule has 0 bridgehead atoms. The van der Waals surface area contributed by atoms with Crippen molar-refractivity contribution in [1.82, 2.24) is 10.2 Å². The minimum absolute atomic E-state index is 0.317.